The van der Waals surface area contributed by atoms with Gasteiger partial charge in [-0.2, -0.15) is 0 Å². The van der Waals surface area contributed by atoms with Crippen molar-refractivity contribution >= 4 is 11.6 Å². The Kier molecular flexibility index (Phi) is 5.27. The Hall–Kier alpha value is -1.51. The molecule has 0 heterocycles. The summed E-state index contributed by atoms with van der Waals surface area (Å²) in [4.78, 5) is 12.6. The van der Waals surface area contributed by atoms with Crippen LogP contribution in [0.4, 0.5) is 5.69 Å². The highest BCUT2D eigenvalue weighted by Crippen LogP contribution is 2.30. The highest BCUT2D eigenvalue weighted by Gasteiger charge is 2.29. The summed E-state index contributed by atoms with van der Waals surface area (Å²) in [6.07, 6.45) is 4.85. The van der Waals surface area contributed by atoms with E-state index in [2.05, 4.69) is 24.5 Å². The molecule has 116 valence electrons. The zero-order valence-electron chi connectivity index (χ0n) is 13.7. The van der Waals surface area contributed by atoms with Crippen LogP contribution in [-0.4, -0.2) is 19.0 Å². The van der Waals surface area contributed by atoms with Crippen LogP contribution in [0.3, 0.4) is 0 Å². The number of carbonyl (C=O) groups excluding carboxylic acids is 1. The third-order valence-electron chi connectivity index (χ3n) is 4.68. The van der Waals surface area contributed by atoms with Crippen molar-refractivity contribution in [2.75, 3.05) is 12.4 Å². The first-order valence-electron chi connectivity index (χ1n) is 8.12. The van der Waals surface area contributed by atoms with Crippen LogP contribution in [0.2, 0.25) is 0 Å². The number of carbonyl (C=O) groups is 1. The molecule has 1 saturated carbocycles. The van der Waals surface area contributed by atoms with Gasteiger partial charge in [-0.15, -0.1) is 0 Å². The second-order valence-electron chi connectivity index (χ2n) is 6.57. The van der Waals surface area contributed by atoms with Crippen molar-refractivity contribution in [3.8, 4) is 0 Å². The Morgan fingerprint density at radius 3 is 2.62 bits per heavy atom. The molecule has 0 bridgehead atoms. The van der Waals surface area contributed by atoms with Gasteiger partial charge in [0, 0.05) is 18.8 Å². The fourth-order valence-corrected chi connectivity index (χ4v) is 3.45. The van der Waals surface area contributed by atoms with Crippen LogP contribution >= 0.6 is 0 Å². The van der Waals surface area contributed by atoms with Crippen LogP contribution in [-0.2, 0) is 0 Å². The van der Waals surface area contributed by atoms with Crippen LogP contribution in [0.25, 0.3) is 0 Å². The van der Waals surface area contributed by atoms with E-state index in [-0.39, 0.29) is 5.91 Å². The Labute approximate surface area is 128 Å². The minimum absolute atomic E-state index is 0.0527. The zero-order valence-corrected chi connectivity index (χ0v) is 13.7. The number of anilines is 1. The third kappa shape index (κ3) is 3.78. The standard InChI is InChI=1S/C18H28N2O/c1-12(2)14-7-5-6-8-16(14)20-18(21)15-10-9-13(3)11-17(15)19-4/h9-12,14,16,19H,5-8H2,1-4H3,(H,20,21). The molecule has 1 amide bonds. The van der Waals surface area contributed by atoms with Gasteiger partial charge in [0.15, 0.2) is 0 Å². The Morgan fingerprint density at radius 1 is 1.24 bits per heavy atom. The highest BCUT2D eigenvalue weighted by atomic mass is 16.1. The van der Waals surface area contributed by atoms with Crippen LogP contribution in [0, 0.1) is 18.8 Å². The lowest BCUT2D eigenvalue weighted by Crippen LogP contribution is -2.44. The molecule has 2 atom stereocenters. The molecule has 1 fully saturated rings. The summed E-state index contributed by atoms with van der Waals surface area (Å²) < 4.78 is 0. The Bertz CT molecular complexity index is 496. The van der Waals surface area contributed by atoms with E-state index >= 15 is 0 Å². The van der Waals surface area contributed by atoms with Gasteiger partial charge in [-0.1, -0.05) is 32.8 Å². The molecule has 2 N–H and O–H groups in total. The van der Waals surface area contributed by atoms with Crippen LogP contribution in [0.5, 0.6) is 0 Å². The Morgan fingerprint density at radius 2 is 1.95 bits per heavy atom. The first-order chi connectivity index (χ1) is 10.0. The molecule has 0 saturated heterocycles. The van der Waals surface area contributed by atoms with Gasteiger partial charge in [0.05, 0.1) is 5.56 Å². The van der Waals surface area contributed by atoms with E-state index in [9.17, 15) is 4.79 Å². The predicted octanol–water partition coefficient (Wildman–Crippen LogP) is 3.98. The molecule has 3 heteroatoms. The molecule has 0 radical (unpaired) electrons. The van der Waals surface area contributed by atoms with Gasteiger partial charge < -0.3 is 10.6 Å². The maximum atomic E-state index is 12.6. The molecule has 2 unspecified atom stereocenters. The van der Waals surface area contributed by atoms with E-state index in [1.165, 1.54) is 19.3 Å². The molecular weight excluding hydrogens is 260 g/mol. The van der Waals surface area contributed by atoms with Gasteiger partial charge in [-0.3, -0.25) is 4.79 Å². The lowest BCUT2D eigenvalue weighted by Gasteiger charge is -2.35. The molecule has 21 heavy (non-hydrogen) atoms. The summed E-state index contributed by atoms with van der Waals surface area (Å²) in [6.45, 7) is 6.57. The van der Waals surface area contributed by atoms with Gasteiger partial charge in [0.1, 0.15) is 0 Å². The predicted molar refractivity (Wildman–Crippen MR) is 88.8 cm³/mol. The second kappa shape index (κ2) is 6.97. The number of benzene rings is 1. The number of rotatable bonds is 4. The molecule has 3 nitrogen and oxygen atoms in total. The third-order valence-corrected chi connectivity index (χ3v) is 4.68. The van der Waals surface area contributed by atoms with E-state index in [1.54, 1.807) is 0 Å². The first-order valence-corrected chi connectivity index (χ1v) is 8.12. The van der Waals surface area contributed by atoms with Gasteiger partial charge in [-0.05, 0) is 49.3 Å². The fourth-order valence-electron chi connectivity index (χ4n) is 3.45. The van der Waals surface area contributed by atoms with Crippen molar-refractivity contribution in [1.82, 2.24) is 5.32 Å². The normalized spacial score (nSPS) is 22.1. The van der Waals surface area contributed by atoms with Crippen molar-refractivity contribution in [3.05, 3.63) is 29.3 Å². The second-order valence-corrected chi connectivity index (χ2v) is 6.57. The number of hydrogen-bond donors (Lipinski definition) is 2. The molecule has 0 spiro atoms. The zero-order chi connectivity index (χ0) is 15.4. The number of hydrogen-bond acceptors (Lipinski definition) is 2. The van der Waals surface area contributed by atoms with Crippen molar-refractivity contribution < 1.29 is 4.79 Å². The molecule has 0 aliphatic heterocycles. The summed E-state index contributed by atoms with van der Waals surface area (Å²) >= 11 is 0. The average Bonchev–Trinajstić information content (AvgIpc) is 2.47. The number of amides is 1. The quantitative estimate of drug-likeness (QED) is 0.880. The minimum atomic E-state index is 0.0527. The van der Waals surface area contributed by atoms with Crippen molar-refractivity contribution in [3.63, 3.8) is 0 Å². The monoisotopic (exact) mass is 288 g/mol. The first kappa shape index (κ1) is 15.9. The van der Waals surface area contributed by atoms with Crippen LogP contribution in [0.15, 0.2) is 18.2 Å². The summed E-state index contributed by atoms with van der Waals surface area (Å²) in [7, 11) is 1.86. The maximum Gasteiger partial charge on any atom is 0.253 e. The van der Waals surface area contributed by atoms with Gasteiger partial charge in [0.25, 0.3) is 5.91 Å². The Balaban J connectivity index is 2.13. The summed E-state index contributed by atoms with van der Waals surface area (Å²) in [6, 6.07) is 6.26. The largest absolute Gasteiger partial charge is 0.387 e. The van der Waals surface area contributed by atoms with E-state index in [1.807, 2.05) is 32.2 Å². The fraction of sp³-hybridized carbons (Fsp3) is 0.611. The highest BCUT2D eigenvalue weighted by molar-refractivity contribution is 5.99. The smallest absolute Gasteiger partial charge is 0.253 e. The molecule has 1 aliphatic carbocycles. The van der Waals surface area contributed by atoms with Gasteiger partial charge >= 0.3 is 0 Å². The molecule has 1 aromatic rings. The van der Waals surface area contributed by atoms with Crippen molar-refractivity contribution in [2.24, 2.45) is 11.8 Å². The lowest BCUT2D eigenvalue weighted by atomic mass is 9.78. The minimum Gasteiger partial charge on any atom is -0.387 e. The van der Waals surface area contributed by atoms with Gasteiger partial charge in [-0.25, -0.2) is 0 Å². The van der Waals surface area contributed by atoms with Gasteiger partial charge in [0.2, 0.25) is 0 Å². The number of aryl methyl sites for hydroxylation is 1. The molecule has 2 rings (SSSR count). The van der Waals surface area contributed by atoms with E-state index < -0.39 is 0 Å². The van der Waals surface area contributed by atoms with Crippen molar-refractivity contribution in [2.45, 2.75) is 52.5 Å². The lowest BCUT2D eigenvalue weighted by molar-refractivity contribution is 0.0890. The average molecular weight is 288 g/mol. The molecule has 1 aromatic carbocycles. The van der Waals surface area contributed by atoms with E-state index in [0.717, 1.165) is 23.2 Å². The molecular formula is C18H28N2O. The number of nitrogens with one attached hydrogen (secondary N) is 2. The maximum absolute atomic E-state index is 12.6. The SMILES string of the molecule is CNc1cc(C)ccc1C(=O)NC1CCCCC1C(C)C. The topological polar surface area (TPSA) is 41.1 Å². The van der Waals surface area contributed by atoms with Crippen molar-refractivity contribution in [1.29, 1.82) is 0 Å². The van der Waals surface area contributed by atoms with E-state index in [0.29, 0.717) is 17.9 Å². The summed E-state index contributed by atoms with van der Waals surface area (Å²) in [5.74, 6) is 1.28. The molecule has 0 aromatic heterocycles. The summed E-state index contributed by atoms with van der Waals surface area (Å²) in [5, 5.41) is 6.41. The van der Waals surface area contributed by atoms with Crippen LogP contribution in [0.1, 0.15) is 55.5 Å². The molecule has 1 aliphatic rings. The summed E-state index contributed by atoms with van der Waals surface area (Å²) in [5.41, 5.74) is 2.81. The van der Waals surface area contributed by atoms with E-state index in [4.69, 9.17) is 0 Å². The van der Waals surface area contributed by atoms with Crippen LogP contribution < -0.4 is 10.6 Å².